The average molecular weight is 409 g/mol. The van der Waals surface area contributed by atoms with Crippen molar-refractivity contribution in [2.45, 2.75) is 51.5 Å². The number of carbonyl (C=O) groups is 3. The smallest absolute Gasteiger partial charge is 0.408 e. The lowest BCUT2D eigenvalue weighted by molar-refractivity contribution is -0.138. The number of carboxylic acid groups (broad SMARTS) is 1. The van der Waals surface area contributed by atoms with Gasteiger partial charge in [-0.15, -0.1) is 0 Å². The van der Waals surface area contributed by atoms with Crippen molar-refractivity contribution in [2.75, 3.05) is 13.2 Å². The quantitative estimate of drug-likeness (QED) is 0.538. The molecule has 0 bridgehead atoms. The van der Waals surface area contributed by atoms with Gasteiger partial charge in [-0.2, -0.15) is 0 Å². The lowest BCUT2D eigenvalue weighted by atomic mass is 10.1. The minimum Gasteiger partial charge on any atom is -0.483 e. The maximum absolute atomic E-state index is 12.2. The van der Waals surface area contributed by atoms with Crippen molar-refractivity contribution in [1.82, 2.24) is 10.6 Å². The number of rotatable bonds is 6. The molecule has 0 aromatic heterocycles. The highest BCUT2D eigenvalue weighted by Crippen LogP contribution is 2.35. The summed E-state index contributed by atoms with van der Waals surface area (Å²) in [5.41, 5.74) is 4.44. The molecule has 10 nitrogen and oxygen atoms in total. The van der Waals surface area contributed by atoms with Gasteiger partial charge in [-0.05, 0) is 51.8 Å². The summed E-state index contributed by atoms with van der Waals surface area (Å²) in [6.45, 7) is 6.53. The summed E-state index contributed by atoms with van der Waals surface area (Å²) in [6.07, 6.45) is -0.549. The number of fused-ring (bicyclic) bond motifs is 1. The number of carboxylic acids is 1. The van der Waals surface area contributed by atoms with Gasteiger partial charge in [0.05, 0.1) is 0 Å². The molecule has 1 aromatic rings. The summed E-state index contributed by atoms with van der Waals surface area (Å²) in [5.74, 6) is -0.741. The van der Waals surface area contributed by atoms with Crippen molar-refractivity contribution in [3.63, 3.8) is 0 Å². The van der Waals surface area contributed by atoms with E-state index in [0.29, 0.717) is 17.1 Å². The van der Waals surface area contributed by atoms with Gasteiger partial charge in [0.15, 0.2) is 11.5 Å². The van der Waals surface area contributed by atoms with E-state index in [4.69, 9.17) is 25.1 Å². The molecule has 10 heteroatoms. The van der Waals surface area contributed by atoms with E-state index in [9.17, 15) is 14.4 Å². The first kappa shape index (κ1) is 22.3. The van der Waals surface area contributed by atoms with Gasteiger partial charge in [0.2, 0.25) is 11.6 Å². The minimum absolute atomic E-state index is 0.0205. The van der Waals surface area contributed by atoms with Crippen LogP contribution in [0.3, 0.4) is 0 Å². The van der Waals surface area contributed by atoms with Crippen LogP contribution in [0.5, 0.6) is 11.5 Å². The highest BCUT2D eigenvalue weighted by atomic mass is 16.6. The Morgan fingerprint density at radius 2 is 2.00 bits per heavy atom. The van der Waals surface area contributed by atoms with Gasteiger partial charge in [-0.1, -0.05) is 6.07 Å². The van der Waals surface area contributed by atoms with E-state index in [1.165, 1.54) is 0 Å². The van der Waals surface area contributed by atoms with Crippen molar-refractivity contribution in [2.24, 2.45) is 5.73 Å². The van der Waals surface area contributed by atoms with Crippen LogP contribution < -0.4 is 25.8 Å². The van der Waals surface area contributed by atoms with E-state index in [1.54, 1.807) is 45.9 Å². The molecule has 1 aromatic carbocycles. The normalized spacial score (nSPS) is 19.1. The van der Waals surface area contributed by atoms with Crippen molar-refractivity contribution in [3.8, 4) is 11.5 Å². The van der Waals surface area contributed by atoms with Crippen LogP contribution in [0.1, 0.15) is 33.3 Å². The maximum atomic E-state index is 12.2. The third kappa shape index (κ3) is 6.83. The second-order valence-corrected chi connectivity index (χ2v) is 7.96. The van der Waals surface area contributed by atoms with E-state index >= 15 is 0 Å². The number of amides is 2. The molecule has 1 heterocycles. The summed E-state index contributed by atoms with van der Waals surface area (Å²) >= 11 is 0. The van der Waals surface area contributed by atoms with Crippen LogP contribution in [0.4, 0.5) is 4.79 Å². The fourth-order valence-electron chi connectivity index (χ4n) is 2.57. The van der Waals surface area contributed by atoms with E-state index in [-0.39, 0.29) is 19.6 Å². The summed E-state index contributed by atoms with van der Waals surface area (Å²) in [7, 11) is 0. The van der Waals surface area contributed by atoms with Gasteiger partial charge in [-0.25, -0.2) is 4.79 Å². The number of nitrogens with one attached hydrogen (secondary N) is 2. The zero-order chi connectivity index (χ0) is 21.8. The molecule has 2 rings (SSSR count). The second-order valence-electron chi connectivity index (χ2n) is 7.96. The minimum atomic E-state index is -1.14. The fourth-order valence-corrected chi connectivity index (χ4v) is 2.57. The van der Waals surface area contributed by atoms with Crippen LogP contribution in [0.15, 0.2) is 18.2 Å². The molecule has 0 fully saturated rings. The number of carbonyl (C=O) groups excluding carboxylic acids is 2. The number of hydrogen-bond donors (Lipinski definition) is 4. The molecule has 1 aliphatic heterocycles. The first-order chi connectivity index (χ1) is 13.4. The zero-order valence-corrected chi connectivity index (χ0v) is 16.9. The summed E-state index contributed by atoms with van der Waals surface area (Å²) in [6, 6.07) is 3.95. The second kappa shape index (κ2) is 8.56. The van der Waals surface area contributed by atoms with E-state index in [2.05, 4.69) is 10.6 Å². The molecule has 0 aliphatic carbocycles. The molecule has 5 N–H and O–H groups in total. The van der Waals surface area contributed by atoms with Gasteiger partial charge >= 0.3 is 12.1 Å². The molecule has 0 saturated heterocycles. The van der Waals surface area contributed by atoms with Gasteiger partial charge < -0.3 is 35.7 Å². The Morgan fingerprint density at radius 3 is 2.62 bits per heavy atom. The fraction of sp³-hybridized carbons (Fsp3) is 0.526. The van der Waals surface area contributed by atoms with Gasteiger partial charge in [0.25, 0.3) is 0 Å². The number of benzene rings is 1. The molecular formula is C19H27N3O7. The number of hydrogen-bond acceptors (Lipinski definition) is 7. The van der Waals surface area contributed by atoms with Crippen LogP contribution in [0, 0.1) is 0 Å². The molecule has 29 heavy (non-hydrogen) atoms. The first-order valence-corrected chi connectivity index (χ1v) is 9.08. The van der Waals surface area contributed by atoms with E-state index in [1.807, 2.05) is 0 Å². The van der Waals surface area contributed by atoms with Crippen LogP contribution in [0.25, 0.3) is 0 Å². The Morgan fingerprint density at radius 1 is 1.31 bits per heavy atom. The molecule has 160 valence electrons. The third-order valence-electron chi connectivity index (χ3n) is 3.82. The van der Waals surface area contributed by atoms with Gasteiger partial charge in [-0.3, -0.25) is 9.59 Å². The highest BCUT2D eigenvalue weighted by molar-refractivity contribution is 5.82. The lowest BCUT2D eigenvalue weighted by Gasteiger charge is -2.36. The Bertz CT molecular complexity index is 790. The van der Waals surface area contributed by atoms with Gasteiger partial charge in [0, 0.05) is 0 Å². The highest BCUT2D eigenvalue weighted by Gasteiger charge is 2.35. The van der Waals surface area contributed by atoms with E-state index < -0.39 is 35.3 Å². The van der Waals surface area contributed by atoms with Crippen LogP contribution in [0.2, 0.25) is 0 Å². The van der Waals surface area contributed by atoms with Crippen molar-refractivity contribution in [3.05, 3.63) is 23.8 Å². The Balaban J connectivity index is 1.92. The zero-order valence-electron chi connectivity index (χ0n) is 16.9. The molecule has 0 saturated carbocycles. The van der Waals surface area contributed by atoms with Crippen molar-refractivity contribution >= 4 is 18.0 Å². The van der Waals surface area contributed by atoms with Crippen LogP contribution in [-0.4, -0.2) is 53.6 Å². The Kier molecular flexibility index (Phi) is 6.58. The largest absolute Gasteiger partial charge is 0.483 e. The molecule has 1 aliphatic rings. The SMILES string of the molecule is CC(C)(C)OC(=O)NCC(=O)NC1(C)COc2cc(C[C@H](N)C(=O)O)ccc2O1. The monoisotopic (exact) mass is 409 g/mol. The van der Waals surface area contributed by atoms with E-state index in [0.717, 1.165) is 0 Å². The third-order valence-corrected chi connectivity index (χ3v) is 3.82. The number of ether oxygens (including phenoxy) is 3. The molecule has 1 unspecified atom stereocenters. The molecular weight excluding hydrogens is 382 g/mol. The summed E-state index contributed by atoms with van der Waals surface area (Å²) in [4.78, 5) is 34.7. The average Bonchev–Trinajstić information content (AvgIpc) is 2.58. The topological polar surface area (TPSA) is 149 Å². The van der Waals surface area contributed by atoms with Crippen molar-refractivity contribution < 1.29 is 33.7 Å². The maximum Gasteiger partial charge on any atom is 0.408 e. The lowest BCUT2D eigenvalue weighted by Crippen LogP contribution is -2.58. The molecule has 0 spiro atoms. The summed E-state index contributed by atoms with van der Waals surface area (Å²) < 4.78 is 16.6. The Hall–Kier alpha value is -3.01. The number of nitrogens with two attached hydrogens (primary N) is 1. The molecule has 2 amide bonds. The predicted octanol–water partition coefficient (Wildman–Crippen LogP) is 0.769. The molecule has 2 atom stereocenters. The summed E-state index contributed by atoms with van der Waals surface area (Å²) in [5, 5.41) is 13.9. The van der Waals surface area contributed by atoms with Crippen molar-refractivity contribution in [1.29, 1.82) is 0 Å². The molecule has 0 radical (unpaired) electrons. The van der Waals surface area contributed by atoms with Crippen LogP contribution in [-0.2, 0) is 20.7 Å². The number of alkyl carbamates (subject to hydrolysis) is 1. The standard InChI is InChI=1S/C19H27N3O7/c1-18(2,3)29-17(26)21-9-15(23)22-19(4)10-27-14-8-11(5-6-13(14)28-19)7-12(20)16(24)25/h5-6,8,12H,7,9-10,20H2,1-4H3,(H,21,26)(H,22,23)(H,24,25)/t12-,19?/m0/s1. The predicted molar refractivity (Wildman–Crippen MR) is 103 cm³/mol. The number of aliphatic carboxylic acids is 1. The first-order valence-electron chi connectivity index (χ1n) is 9.08. The Labute approximate surface area is 168 Å². The van der Waals surface area contributed by atoms with Gasteiger partial charge in [0.1, 0.15) is 24.8 Å². The van der Waals surface area contributed by atoms with Crippen LogP contribution >= 0.6 is 0 Å².